The monoisotopic (exact) mass is 345 g/mol. The first kappa shape index (κ1) is 16.5. The minimum Gasteiger partial charge on any atom is -0.352 e. The maximum atomic E-state index is 12.7. The number of hydrogen-bond donors (Lipinski definition) is 2. The molecule has 4 rings (SSSR count). The molecular weight excluding hydrogens is 318 g/mol. The number of hydrogen-bond acceptors (Lipinski definition) is 4. The van der Waals surface area contributed by atoms with Crippen LogP contribution in [0.15, 0.2) is 0 Å². The number of rotatable bonds is 4. The SMILES string of the molecule is CNC(=O)c1n[nH]c(C2CCN(C(=O)C3CC3C3CCCC3)CC2)n1. The van der Waals surface area contributed by atoms with E-state index < -0.39 is 0 Å². The van der Waals surface area contributed by atoms with Crippen LogP contribution in [0.2, 0.25) is 0 Å². The van der Waals surface area contributed by atoms with Gasteiger partial charge in [-0.15, -0.1) is 5.10 Å². The highest BCUT2D eigenvalue weighted by atomic mass is 16.2. The Bertz CT molecular complexity index is 644. The second kappa shape index (κ2) is 6.77. The summed E-state index contributed by atoms with van der Waals surface area (Å²) in [6, 6.07) is 0. The Balaban J connectivity index is 1.29. The molecule has 0 spiro atoms. The Hall–Kier alpha value is -1.92. The van der Waals surface area contributed by atoms with Gasteiger partial charge in [-0.2, -0.15) is 0 Å². The fourth-order valence-corrected chi connectivity index (χ4v) is 4.68. The zero-order valence-corrected chi connectivity index (χ0v) is 14.8. The molecule has 1 saturated heterocycles. The first-order valence-electron chi connectivity index (χ1n) is 9.60. The van der Waals surface area contributed by atoms with Crippen LogP contribution in [0.5, 0.6) is 0 Å². The van der Waals surface area contributed by atoms with E-state index in [0.29, 0.717) is 17.7 Å². The molecule has 2 amide bonds. The van der Waals surface area contributed by atoms with E-state index in [1.54, 1.807) is 7.05 Å². The van der Waals surface area contributed by atoms with Crippen LogP contribution in [0.4, 0.5) is 0 Å². The molecule has 1 aromatic rings. The molecule has 2 N–H and O–H groups in total. The summed E-state index contributed by atoms with van der Waals surface area (Å²) < 4.78 is 0. The zero-order valence-electron chi connectivity index (χ0n) is 14.8. The summed E-state index contributed by atoms with van der Waals surface area (Å²) in [7, 11) is 1.57. The van der Waals surface area contributed by atoms with Crippen molar-refractivity contribution >= 4 is 11.8 Å². The van der Waals surface area contributed by atoms with Crippen molar-refractivity contribution in [1.29, 1.82) is 0 Å². The van der Waals surface area contributed by atoms with Crippen molar-refractivity contribution in [2.24, 2.45) is 17.8 Å². The maximum Gasteiger partial charge on any atom is 0.290 e. The normalized spacial score (nSPS) is 27.5. The highest BCUT2D eigenvalue weighted by molar-refractivity contribution is 5.90. The molecule has 2 unspecified atom stereocenters. The second-order valence-electron chi connectivity index (χ2n) is 7.77. The molecular formula is C18H27N5O2. The molecule has 7 heteroatoms. The number of carbonyl (C=O) groups excluding carboxylic acids is 2. The topological polar surface area (TPSA) is 91.0 Å². The van der Waals surface area contributed by atoms with E-state index in [1.165, 1.54) is 25.7 Å². The summed E-state index contributed by atoms with van der Waals surface area (Å²) in [4.78, 5) is 30.7. The van der Waals surface area contributed by atoms with Crippen molar-refractivity contribution in [3.05, 3.63) is 11.6 Å². The minimum atomic E-state index is -0.276. The van der Waals surface area contributed by atoms with Crippen molar-refractivity contribution in [2.45, 2.75) is 50.9 Å². The van der Waals surface area contributed by atoms with E-state index in [1.807, 2.05) is 4.90 Å². The van der Waals surface area contributed by atoms with Crippen LogP contribution in [0.25, 0.3) is 0 Å². The largest absolute Gasteiger partial charge is 0.352 e. The molecule has 3 aliphatic rings. The molecule has 7 nitrogen and oxygen atoms in total. The Morgan fingerprint density at radius 3 is 2.56 bits per heavy atom. The van der Waals surface area contributed by atoms with E-state index in [9.17, 15) is 9.59 Å². The van der Waals surface area contributed by atoms with Crippen LogP contribution < -0.4 is 5.32 Å². The van der Waals surface area contributed by atoms with Gasteiger partial charge in [0, 0.05) is 32.0 Å². The van der Waals surface area contributed by atoms with Crippen LogP contribution in [-0.4, -0.2) is 52.0 Å². The zero-order chi connectivity index (χ0) is 17.4. The molecule has 136 valence electrons. The fraction of sp³-hybridized carbons (Fsp3) is 0.778. The highest BCUT2D eigenvalue weighted by Gasteiger charge is 2.49. The van der Waals surface area contributed by atoms with Gasteiger partial charge in [0.25, 0.3) is 5.91 Å². The lowest BCUT2D eigenvalue weighted by atomic mass is 9.95. The second-order valence-corrected chi connectivity index (χ2v) is 7.77. The van der Waals surface area contributed by atoms with Gasteiger partial charge in [-0.3, -0.25) is 14.7 Å². The number of nitrogens with zero attached hydrogens (tertiary/aromatic N) is 3. The molecule has 0 aromatic carbocycles. The lowest BCUT2D eigenvalue weighted by Crippen LogP contribution is -2.39. The van der Waals surface area contributed by atoms with Gasteiger partial charge in [0.05, 0.1) is 0 Å². The lowest BCUT2D eigenvalue weighted by Gasteiger charge is -2.31. The summed E-state index contributed by atoms with van der Waals surface area (Å²) in [5.74, 6) is 3.07. The van der Waals surface area contributed by atoms with Gasteiger partial charge in [0.1, 0.15) is 5.82 Å². The minimum absolute atomic E-state index is 0.188. The Morgan fingerprint density at radius 1 is 1.16 bits per heavy atom. The third-order valence-electron chi connectivity index (χ3n) is 6.29. The van der Waals surface area contributed by atoms with Crippen molar-refractivity contribution < 1.29 is 9.59 Å². The maximum absolute atomic E-state index is 12.7. The number of likely N-dealkylation sites (tertiary alicyclic amines) is 1. The molecule has 0 bridgehead atoms. The van der Waals surface area contributed by atoms with Gasteiger partial charge in [-0.25, -0.2) is 4.98 Å². The number of aromatic nitrogens is 3. The molecule has 2 heterocycles. The Kier molecular flexibility index (Phi) is 4.48. The standard InChI is InChI=1S/C18H27N5O2/c1-19-17(24)16-20-15(21-22-16)12-6-8-23(9-7-12)18(25)14-10-13(14)11-4-2-3-5-11/h11-14H,2-10H2,1H3,(H,19,24)(H,20,21,22). The van der Waals surface area contributed by atoms with Gasteiger partial charge < -0.3 is 10.2 Å². The molecule has 2 saturated carbocycles. The summed E-state index contributed by atoms with van der Waals surface area (Å²) in [5.41, 5.74) is 0. The third kappa shape index (κ3) is 3.28. The van der Waals surface area contributed by atoms with Crippen LogP contribution in [0, 0.1) is 17.8 Å². The summed E-state index contributed by atoms with van der Waals surface area (Å²) in [6.45, 7) is 1.57. The van der Waals surface area contributed by atoms with E-state index in [-0.39, 0.29) is 17.6 Å². The van der Waals surface area contributed by atoms with E-state index >= 15 is 0 Å². The smallest absolute Gasteiger partial charge is 0.290 e. The Morgan fingerprint density at radius 2 is 1.88 bits per heavy atom. The molecule has 2 atom stereocenters. The quantitative estimate of drug-likeness (QED) is 0.869. The first-order chi connectivity index (χ1) is 12.2. The molecule has 1 aromatic heterocycles. The molecule has 2 aliphatic carbocycles. The lowest BCUT2D eigenvalue weighted by molar-refractivity contribution is -0.134. The Labute approximate surface area is 148 Å². The molecule has 25 heavy (non-hydrogen) atoms. The van der Waals surface area contributed by atoms with Gasteiger partial charge in [0.2, 0.25) is 11.7 Å². The van der Waals surface area contributed by atoms with Gasteiger partial charge in [-0.1, -0.05) is 25.7 Å². The van der Waals surface area contributed by atoms with E-state index in [4.69, 9.17) is 0 Å². The summed E-state index contributed by atoms with van der Waals surface area (Å²) in [5, 5.41) is 9.40. The third-order valence-corrected chi connectivity index (χ3v) is 6.29. The highest BCUT2D eigenvalue weighted by Crippen LogP contribution is 2.51. The number of nitrogens with one attached hydrogen (secondary N) is 2. The predicted octanol–water partition coefficient (Wildman–Crippen LogP) is 1.70. The van der Waals surface area contributed by atoms with Crippen LogP contribution in [-0.2, 0) is 4.79 Å². The van der Waals surface area contributed by atoms with Crippen molar-refractivity contribution in [3.63, 3.8) is 0 Å². The number of piperidine rings is 1. The number of aromatic amines is 1. The van der Waals surface area contributed by atoms with Crippen LogP contribution >= 0.6 is 0 Å². The first-order valence-corrected chi connectivity index (χ1v) is 9.60. The van der Waals surface area contributed by atoms with Crippen molar-refractivity contribution in [1.82, 2.24) is 25.4 Å². The fourth-order valence-electron chi connectivity index (χ4n) is 4.68. The van der Waals surface area contributed by atoms with Crippen molar-refractivity contribution in [2.75, 3.05) is 20.1 Å². The van der Waals surface area contributed by atoms with Gasteiger partial charge >= 0.3 is 0 Å². The van der Waals surface area contributed by atoms with Gasteiger partial charge in [0.15, 0.2) is 0 Å². The summed E-state index contributed by atoms with van der Waals surface area (Å²) >= 11 is 0. The molecule has 3 fully saturated rings. The predicted molar refractivity (Wildman–Crippen MR) is 91.9 cm³/mol. The average Bonchev–Trinajstić information content (AvgIpc) is 3.05. The number of carbonyl (C=O) groups is 2. The van der Waals surface area contributed by atoms with E-state index in [2.05, 4.69) is 20.5 Å². The average molecular weight is 345 g/mol. The summed E-state index contributed by atoms with van der Waals surface area (Å²) in [6.07, 6.45) is 8.24. The van der Waals surface area contributed by atoms with Crippen LogP contribution in [0.1, 0.15) is 67.3 Å². The van der Waals surface area contributed by atoms with Crippen LogP contribution in [0.3, 0.4) is 0 Å². The number of H-pyrrole nitrogens is 1. The van der Waals surface area contributed by atoms with Gasteiger partial charge in [-0.05, 0) is 31.1 Å². The van der Waals surface area contributed by atoms with Crippen molar-refractivity contribution in [3.8, 4) is 0 Å². The molecule has 0 radical (unpaired) electrons. The molecule has 1 aliphatic heterocycles. The number of amides is 2. The van der Waals surface area contributed by atoms with E-state index in [0.717, 1.165) is 44.1 Å².